The number of esters is 1. The summed E-state index contributed by atoms with van der Waals surface area (Å²) in [7, 11) is 0. The van der Waals surface area contributed by atoms with Crippen LogP contribution in [0.5, 0.6) is 0 Å². The maximum absolute atomic E-state index is 11.6. The molecule has 0 rings (SSSR count). The molecule has 174 valence electrons. The normalized spacial score (nSPS) is 12.2. The minimum absolute atomic E-state index is 0.0444. The molecule has 0 bridgehead atoms. The van der Waals surface area contributed by atoms with Crippen LogP contribution in [0, 0.1) is 5.92 Å². The van der Waals surface area contributed by atoms with Crippen molar-refractivity contribution in [1.82, 2.24) is 0 Å². The molecular weight excluding hydrogens is 376 g/mol. The van der Waals surface area contributed by atoms with Gasteiger partial charge >= 0.3 is 11.9 Å². The molecule has 0 saturated carbocycles. The maximum Gasteiger partial charge on any atom is 0.307 e. The van der Waals surface area contributed by atoms with Gasteiger partial charge in [-0.1, -0.05) is 102 Å². The summed E-state index contributed by atoms with van der Waals surface area (Å²) in [6.07, 6.45) is 25.3. The van der Waals surface area contributed by atoms with Crippen LogP contribution in [0.25, 0.3) is 0 Å². The number of aliphatic carboxylic acids is 1. The van der Waals surface area contributed by atoms with E-state index in [0.717, 1.165) is 19.3 Å². The lowest BCUT2D eigenvalue weighted by Gasteiger charge is -2.11. The molecule has 0 heterocycles. The van der Waals surface area contributed by atoms with E-state index in [1.807, 2.05) is 0 Å². The summed E-state index contributed by atoms with van der Waals surface area (Å²) >= 11 is 0. The van der Waals surface area contributed by atoms with Gasteiger partial charge < -0.3 is 9.84 Å². The third-order valence-corrected chi connectivity index (χ3v) is 5.44. The molecule has 0 aromatic rings. The SMILES string of the molecule is C=CCOC(=O)CC(CCCCCCCCCCC/C=C/CCCCCC)C(=O)O. The Bertz CT molecular complexity index is 456. The number of carbonyl (C=O) groups excluding carboxylic acids is 1. The average Bonchev–Trinajstić information content (AvgIpc) is 2.73. The molecule has 0 amide bonds. The van der Waals surface area contributed by atoms with Gasteiger partial charge in [0.05, 0.1) is 12.3 Å². The molecule has 4 heteroatoms. The zero-order chi connectivity index (χ0) is 22.3. The van der Waals surface area contributed by atoms with E-state index >= 15 is 0 Å². The van der Waals surface area contributed by atoms with E-state index < -0.39 is 17.9 Å². The van der Waals surface area contributed by atoms with Crippen molar-refractivity contribution in [3.05, 3.63) is 24.8 Å². The predicted octanol–water partition coefficient (Wildman–Crippen LogP) is 7.62. The second kappa shape index (κ2) is 22.1. The largest absolute Gasteiger partial charge is 0.481 e. The summed E-state index contributed by atoms with van der Waals surface area (Å²) in [5, 5.41) is 9.25. The third-order valence-electron chi connectivity index (χ3n) is 5.44. The molecule has 1 unspecified atom stereocenters. The Labute approximate surface area is 185 Å². The van der Waals surface area contributed by atoms with E-state index in [-0.39, 0.29) is 13.0 Å². The number of carboxylic acid groups (broad SMARTS) is 1. The van der Waals surface area contributed by atoms with Crippen LogP contribution in [0.15, 0.2) is 24.8 Å². The lowest BCUT2D eigenvalue weighted by Crippen LogP contribution is -2.19. The van der Waals surface area contributed by atoms with Crippen LogP contribution < -0.4 is 0 Å². The van der Waals surface area contributed by atoms with Crippen LogP contribution >= 0.6 is 0 Å². The van der Waals surface area contributed by atoms with Gasteiger partial charge in [-0.05, 0) is 32.1 Å². The molecular formula is C26H46O4. The highest BCUT2D eigenvalue weighted by molar-refractivity contribution is 5.78. The molecule has 0 aliphatic rings. The second-order valence-corrected chi connectivity index (χ2v) is 8.29. The third kappa shape index (κ3) is 19.7. The van der Waals surface area contributed by atoms with Gasteiger partial charge in [-0.25, -0.2) is 0 Å². The summed E-state index contributed by atoms with van der Waals surface area (Å²) in [5.41, 5.74) is 0. The first-order chi connectivity index (χ1) is 14.6. The molecule has 0 saturated heterocycles. The van der Waals surface area contributed by atoms with Crippen LogP contribution in [-0.4, -0.2) is 23.7 Å². The lowest BCUT2D eigenvalue weighted by molar-refractivity contribution is -0.151. The van der Waals surface area contributed by atoms with Crippen LogP contribution in [-0.2, 0) is 14.3 Å². The fourth-order valence-electron chi connectivity index (χ4n) is 3.54. The number of hydrogen-bond donors (Lipinski definition) is 1. The van der Waals surface area contributed by atoms with E-state index in [2.05, 4.69) is 25.7 Å². The Hall–Kier alpha value is -1.58. The lowest BCUT2D eigenvalue weighted by atomic mass is 9.97. The standard InChI is InChI=1S/C26H46O4/c1-3-5-6-7-8-9-10-11-12-13-14-15-16-17-18-19-20-21-24(26(28)29)23-25(27)30-22-4-2/h4,9-10,24H,2-3,5-8,11-23H2,1H3,(H,28,29)/b10-9+. The van der Waals surface area contributed by atoms with Crippen molar-refractivity contribution in [3.8, 4) is 0 Å². The van der Waals surface area contributed by atoms with Crippen molar-refractivity contribution in [3.63, 3.8) is 0 Å². The zero-order valence-corrected chi connectivity index (χ0v) is 19.4. The molecule has 0 aromatic carbocycles. The van der Waals surface area contributed by atoms with E-state index in [9.17, 15) is 14.7 Å². The van der Waals surface area contributed by atoms with Crippen LogP contribution in [0.3, 0.4) is 0 Å². The molecule has 0 aromatic heterocycles. The van der Waals surface area contributed by atoms with Gasteiger partial charge in [-0.3, -0.25) is 9.59 Å². The maximum atomic E-state index is 11.6. The predicted molar refractivity (Wildman–Crippen MR) is 126 cm³/mol. The topological polar surface area (TPSA) is 63.6 Å². The van der Waals surface area contributed by atoms with Gasteiger partial charge in [0.2, 0.25) is 0 Å². The molecule has 0 fully saturated rings. The number of unbranched alkanes of at least 4 members (excludes halogenated alkanes) is 13. The summed E-state index contributed by atoms with van der Waals surface area (Å²) < 4.78 is 4.88. The van der Waals surface area contributed by atoms with Gasteiger partial charge in [0.25, 0.3) is 0 Å². The summed E-state index contributed by atoms with van der Waals surface area (Å²) in [6.45, 7) is 5.87. The second-order valence-electron chi connectivity index (χ2n) is 8.29. The van der Waals surface area contributed by atoms with Gasteiger partial charge in [0, 0.05) is 0 Å². The highest BCUT2D eigenvalue weighted by Crippen LogP contribution is 2.17. The molecule has 0 aliphatic carbocycles. The number of hydrogen-bond acceptors (Lipinski definition) is 3. The van der Waals surface area contributed by atoms with Crippen molar-refractivity contribution in [1.29, 1.82) is 0 Å². The van der Waals surface area contributed by atoms with Crippen LogP contribution in [0.2, 0.25) is 0 Å². The minimum Gasteiger partial charge on any atom is -0.481 e. The van der Waals surface area contributed by atoms with Gasteiger partial charge in [0.1, 0.15) is 6.61 Å². The van der Waals surface area contributed by atoms with E-state index in [1.165, 1.54) is 83.1 Å². The van der Waals surface area contributed by atoms with Gasteiger partial charge in [0.15, 0.2) is 0 Å². The Morgan fingerprint density at radius 1 is 0.833 bits per heavy atom. The van der Waals surface area contributed by atoms with Crippen molar-refractivity contribution >= 4 is 11.9 Å². The monoisotopic (exact) mass is 422 g/mol. The molecule has 1 N–H and O–H groups in total. The molecule has 0 radical (unpaired) electrons. The molecule has 4 nitrogen and oxygen atoms in total. The fourth-order valence-corrected chi connectivity index (χ4v) is 3.54. The number of ether oxygens (including phenoxy) is 1. The van der Waals surface area contributed by atoms with Gasteiger partial charge in [-0.15, -0.1) is 0 Å². The molecule has 30 heavy (non-hydrogen) atoms. The van der Waals surface area contributed by atoms with Crippen LogP contribution in [0.1, 0.15) is 116 Å². The van der Waals surface area contributed by atoms with E-state index in [4.69, 9.17) is 4.74 Å². The van der Waals surface area contributed by atoms with Crippen molar-refractivity contribution in [2.75, 3.05) is 6.61 Å². The quantitative estimate of drug-likeness (QED) is 0.111. The Morgan fingerprint density at radius 2 is 1.33 bits per heavy atom. The van der Waals surface area contributed by atoms with Crippen molar-refractivity contribution in [2.24, 2.45) is 5.92 Å². The first-order valence-electron chi connectivity index (χ1n) is 12.3. The first-order valence-corrected chi connectivity index (χ1v) is 12.3. The Balaban J connectivity index is 3.47. The molecule has 1 atom stereocenters. The summed E-state index contributed by atoms with van der Waals surface area (Å²) in [6, 6.07) is 0. The van der Waals surface area contributed by atoms with E-state index in [1.54, 1.807) is 0 Å². The number of allylic oxidation sites excluding steroid dienone is 2. The van der Waals surface area contributed by atoms with E-state index in [0.29, 0.717) is 6.42 Å². The smallest absolute Gasteiger partial charge is 0.307 e. The first kappa shape index (κ1) is 28.4. The highest BCUT2D eigenvalue weighted by atomic mass is 16.5. The molecule has 0 aliphatic heterocycles. The number of rotatable bonds is 22. The minimum atomic E-state index is -0.906. The number of carbonyl (C=O) groups is 2. The number of carboxylic acids is 1. The van der Waals surface area contributed by atoms with Crippen LogP contribution in [0.4, 0.5) is 0 Å². The Kier molecular flexibility index (Phi) is 20.9. The zero-order valence-electron chi connectivity index (χ0n) is 19.4. The Morgan fingerprint density at radius 3 is 1.83 bits per heavy atom. The summed E-state index contributed by atoms with van der Waals surface area (Å²) in [5.74, 6) is -1.99. The van der Waals surface area contributed by atoms with Crippen molar-refractivity contribution < 1.29 is 19.4 Å². The fraction of sp³-hybridized carbons (Fsp3) is 0.769. The van der Waals surface area contributed by atoms with Crippen molar-refractivity contribution in [2.45, 2.75) is 116 Å². The van der Waals surface area contributed by atoms with Gasteiger partial charge in [-0.2, -0.15) is 0 Å². The average molecular weight is 423 g/mol. The highest BCUT2D eigenvalue weighted by Gasteiger charge is 2.21. The summed E-state index contributed by atoms with van der Waals surface area (Å²) in [4.78, 5) is 22.8. The molecule has 0 spiro atoms.